The lowest BCUT2D eigenvalue weighted by Gasteiger charge is -2.23. The van der Waals surface area contributed by atoms with Gasteiger partial charge < -0.3 is 10.2 Å². The molecular formula is C16H18N4O. The molecule has 5 nitrogen and oxygen atoms in total. The molecule has 1 saturated heterocycles. The van der Waals surface area contributed by atoms with E-state index >= 15 is 0 Å². The lowest BCUT2D eigenvalue weighted by atomic mass is 10.1. The number of hydrogen-bond donors (Lipinski definition) is 1. The summed E-state index contributed by atoms with van der Waals surface area (Å²) < 4.78 is 0. The van der Waals surface area contributed by atoms with Crippen LogP contribution in [0.3, 0.4) is 0 Å². The Hall–Kier alpha value is -2.43. The average molecular weight is 282 g/mol. The zero-order chi connectivity index (χ0) is 14.7. The van der Waals surface area contributed by atoms with E-state index in [1.807, 2.05) is 35.2 Å². The van der Waals surface area contributed by atoms with Crippen molar-refractivity contribution in [2.45, 2.75) is 25.8 Å². The van der Waals surface area contributed by atoms with Crippen LogP contribution < -0.4 is 5.32 Å². The van der Waals surface area contributed by atoms with Crippen LogP contribution in [0, 0.1) is 0 Å². The van der Waals surface area contributed by atoms with Gasteiger partial charge in [0.15, 0.2) is 0 Å². The maximum atomic E-state index is 11.7. The molecule has 0 spiro atoms. The number of likely N-dealkylation sites (tertiary alicyclic amines) is 1. The average Bonchev–Trinajstić information content (AvgIpc) is 2.98. The van der Waals surface area contributed by atoms with Crippen LogP contribution in [-0.4, -0.2) is 27.3 Å². The lowest BCUT2D eigenvalue weighted by Crippen LogP contribution is -2.28. The van der Waals surface area contributed by atoms with Crippen molar-refractivity contribution in [1.29, 1.82) is 0 Å². The van der Waals surface area contributed by atoms with Gasteiger partial charge in [-0.15, -0.1) is 0 Å². The van der Waals surface area contributed by atoms with Gasteiger partial charge in [0.25, 0.3) is 0 Å². The van der Waals surface area contributed by atoms with Crippen molar-refractivity contribution >= 4 is 17.5 Å². The quantitative estimate of drug-likeness (QED) is 0.940. The SMILES string of the molecule is CC(=O)N1CCCC1c1ccnc(Nc2ccccn2)c1. The number of carbonyl (C=O) groups is 1. The Morgan fingerprint density at radius 1 is 1.24 bits per heavy atom. The number of hydrogen-bond acceptors (Lipinski definition) is 4. The normalized spacial score (nSPS) is 17.8. The van der Waals surface area contributed by atoms with Gasteiger partial charge in [-0.25, -0.2) is 9.97 Å². The van der Waals surface area contributed by atoms with Crippen LogP contribution in [0.25, 0.3) is 0 Å². The molecule has 0 saturated carbocycles. The molecule has 0 radical (unpaired) electrons. The molecule has 1 N–H and O–H groups in total. The third-order valence-corrected chi connectivity index (χ3v) is 3.75. The molecule has 1 fully saturated rings. The predicted octanol–water partition coefficient (Wildman–Crippen LogP) is 2.90. The van der Waals surface area contributed by atoms with Gasteiger partial charge in [-0.3, -0.25) is 4.79 Å². The molecule has 1 atom stereocenters. The summed E-state index contributed by atoms with van der Waals surface area (Å²) in [5.74, 6) is 1.65. The fourth-order valence-electron chi connectivity index (χ4n) is 2.78. The summed E-state index contributed by atoms with van der Waals surface area (Å²) in [5, 5.41) is 3.19. The van der Waals surface area contributed by atoms with Crippen LogP contribution >= 0.6 is 0 Å². The summed E-state index contributed by atoms with van der Waals surface area (Å²) in [4.78, 5) is 22.2. The zero-order valence-corrected chi connectivity index (χ0v) is 12.0. The van der Waals surface area contributed by atoms with Gasteiger partial charge in [-0.1, -0.05) is 6.07 Å². The van der Waals surface area contributed by atoms with Crippen LogP contribution in [0.1, 0.15) is 31.4 Å². The Kier molecular flexibility index (Phi) is 3.81. The Labute approximate surface area is 124 Å². The topological polar surface area (TPSA) is 58.1 Å². The van der Waals surface area contributed by atoms with E-state index in [0.717, 1.165) is 36.6 Å². The van der Waals surface area contributed by atoms with Crippen LogP contribution in [0.2, 0.25) is 0 Å². The van der Waals surface area contributed by atoms with E-state index in [-0.39, 0.29) is 11.9 Å². The van der Waals surface area contributed by atoms with Crippen molar-refractivity contribution < 1.29 is 4.79 Å². The highest BCUT2D eigenvalue weighted by molar-refractivity contribution is 5.74. The zero-order valence-electron chi connectivity index (χ0n) is 12.0. The Balaban J connectivity index is 1.81. The Bertz CT molecular complexity index is 629. The summed E-state index contributed by atoms with van der Waals surface area (Å²) in [5.41, 5.74) is 1.12. The fourth-order valence-corrected chi connectivity index (χ4v) is 2.78. The highest BCUT2D eigenvalue weighted by Crippen LogP contribution is 2.32. The van der Waals surface area contributed by atoms with Crippen LogP contribution in [0.15, 0.2) is 42.7 Å². The summed E-state index contributed by atoms with van der Waals surface area (Å²) in [7, 11) is 0. The van der Waals surface area contributed by atoms with E-state index in [1.165, 1.54) is 0 Å². The molecule has 2 aromatic rings. The first-order valence-electron chi connectivity index (χ1n) is 7.15. The van der Waals surface area contributed by atoms with E-state index in [4.69, 9.17) is 0 Å². The van der Waals surface area contributed by atoms with E-state index in [0.29, 0.717) is 0 Å². The molecule has 0 aliphatic carbocycles. The number of amides is 1. The summed E-state index contributed by atoms with van der Waals surface area (Å²) in [6.07, 6.45) is 5.57. The van der Waals surface area contributed by atoms with Crippen molar-refractivity contribution in [3.8, 4) is 0 Å². The van der Waals surface area contributed by atoms with Crippen molar-refractivity contribution in [3.05, 3.63) is 48.3 Å². The van der Waals surface area contributed by atoms with Crippen molar-refractivity contribution in [3.63, 3.8) is 0 Å². The molecule has 0 bridgehead atoms. The standard InChI is InChI=1S/C16H18N4O/c1-12(21)20-10-4-5-14(20)13-7-9-18-16(11-13)19-15-6-2-3-8-17-15/h2-3,6-9,11,14H,4-5,10H2,1H3,(H,17,18,19). The van der Waals surface area contributed by atoms with Gasteiger partial charge in [-0.2, -0.15) is 0 Å². The molecule has 3 heterocycles. The summed E-state index contributed by atoms with van der Waals surface area (Å²) in [6.45, 7) is 2.47. The summed E-state index contributed by atoms with van der Waals surface area (Å²) in [6, 6.07) is 9.84. The minimum atomic E-state index is 0.133. The molecule has 5 heteroatoms. The van der Waals surface area contributed by atoms with Crippen LogP contribution in [0.4, 0.5) is 11.6 Å². The highest BCUT2D eigenvalue weighted by atomic mass is 16.2. The first kappa shape index (κ1) is 13.5. The number of carbonyl (C=O) groups excluding carboxylic acids is 1. The number of anilines is 2. The largest absolute Gasteiger partial charge is 0.336 e. The van der Waals surface area contributed by atoms with E-state index in [1.54, 1.807) is 19.3 Å². The highest BCUT2D eigenvalue weighted by Gasteiger charge is 2.27. The predicted molar refractivity (Wildman–Crippen MR) is 81.1 cm³/mol. The number of rotatable bonds is 3. The molecule has 1 aliphatic rings. The minimum Gasteiger partial charge on any atom is -0.336 e. The fraction of sp³-hybridized carbons (Fsp3) is 0.312. The van der Waals surface area contributed by atoms with E-state index < -0.39 is 0 Å². The van der Waals surface area contributed by atoms with Crippen LogP contribution in [-0.2, 0) is 4.79 Å². The maximum Gasteiger partial charge on any atom is 0.219 e. The van der Waals surface area contributed by atoms with Gasteiger partial charge in [-0.05, 0) is 42.7 Å². The van der Waals surface area contributed by atoms with Gasteiger partial charge in [0.2, 0.25) is 5.91 Å². The molecule has 0 aromatic carbocycles. The molecule has 1 amide bonds. The monoisotopic (exact) mass is 282 g/mol. The van der Waals surface area contributed by atoms with Gasteiger partial charge >= 0.3 is 0 Å². The van der Waals surface area contributed by atoms with Crippen molar-refractivity contribution in [2.75, 3.05) is 11.9 Å². The van der Waals surface area contributed by atoms with Gasteiger partial charge in [0.1, 0.15) is 11.6 Å². The number of nitrogens with zero attached hydrogens (tertiary/aromatic N) is 3. The second-order valence-corrected chi connectivity index (χ2v) is 5.18. The second-order valence-electron chi connectivity index (χ2n) is 5.18. The molecular weight excluding hydrogens is 264 g/mol. The number of nitrogens with one attached hydrogen (secondary N) is 1. The van der Waals surface area contributed by atoms with Gasteiger partial charge in [0, 0.05) is 25.9 Å². The number of pyridine rings is 2. The summed E-state index contributed by atoms with van der Waals surface area (Å²) >= 11 is 0. The van der Waals surface area contributed by atoms with Crippen LogP contribution in [0.5, 0.6) is 0 Å². The molecule has 108 valence electrons. The molecule has 21 heavy (non-hydrogen) atoms. The third kappa shape index (κ3) is 3.02. The smallest absolute Gasteiger partial charge is 0.219 e. The molecule has 2 aromatic heterocycles. The van der Waals surface area contributed by atoms with Crippen molar-refractivity contribution in [2.24, 2.45) is 0 Å². The number of aromatic nitrogens is 2. The molecule has 3 rings (SSSR count). The third-order valence-electron chi connectivity index (χ3n) is 3.75. The van der Waals surface area contributed by atoms with Crippen molar-refractivity contribution in [1.82, 2.24) is 14.9 Å². The maximum absolute atomic E-state index is 11.7. The van der Waals surface area contributed by atoms with Gasteiger partial charge in [0.05, 0.1) is 6.04 Å². The minimum absolute atomic E-state index is 0.133. The first-order chi connectivity index (χ1) is 10.2. The molecule has 1 aliphatic heterocycles. The Morgan fingerprint density at radius 2 is 2.10 bits per heavy atom. The molecule has 1 unspecified atom stereocenters. The Morgan fingerprint density at radius 3 is 2.86 bits per heavy atom. The van der Waals surface area contributed by atoms with E-state index in [2.05, 4.69) is 15.3 Å². The first-order valence-corrected chi connectivity index (χ1v) is 7.15. The second kappa shape index (κ2) is 5.91. The van der Waals surface area contributed by atoms with E-state index in [9.17, 15) is 4.79 Å². The lowest BCUT2D eigenvalue weighted by molar-refractivity contribution is -0.129.